The van der Waals surface area contributed by atoms with Crippen LogP contribution >= 0.6 is 0 Å². The molecule has 3 heteroatoms. The summed E-state index contributed by atoms with van der Waals surface area (Å²) >= 11 is 0. The van der Waals surface area contributed by atoms with Crippen LogP contribution in [0.1, 0.15) is 11.1 Å². The van der Waals surface area contributed by atoms with Gasteiger partial charge >= 0.3 is 5.97 Å². The van der Waals surface area contributed by atoms with Crippen molar-refractivity contribution in [3.8, 4) is 0 Å². The lowest BCUT2D eigenvalue weighted by Gasteiger charge is -2.19. The molecule has 0 saturated carbocycles. The van der Waals surface area contributed by atoms with Gasteiger partial charge in [-0.15, -0.1) is 0 Å². The van der Waals surface area contributed by atoms with Gasteiger partial charge in [0.1, 0.15) is 0 Å². The lowest BCUT2D eigenvalue weighted by molar-refractivity contribution is -0.131. The number of hydrogen-bond acceptors (Lipinski definition) is 2. The smallest absolute Gasteiger partial charge is 0.328 e. The average Bonchev–Trinajstić information content (AvgIpc) is 2.52. The maximum Gasteiger partial charge on any atom is 0.328 e. The molecule has 2 aromatic carbocycles. The average molecular weight is 281 g/mol. The van der Waals surface area contributed by atoms with E-state index in [1.54, 1.807) is 6.08 Å². The van der Waals surface area contributed by atoms with Crippen molar-refractivity contribution in [1.29, 1.82) is 0 Å². The predicted octanol–water partition coefficient (Wildman–Crippen LogP) is 3.46. The van der Waals surface area contributed by atoms with Crippen molar-refractivity contribution in [2.75, 3.05) is 18.5 Å². The van der Waals surface area contributed by atoms with E-state index in [2.05, 4.69) is 36.2 Å². The van der Waals surface area contributed by atoms with Crippen molar-refractivity contribution in [3.63, 3.8) is 0 Å². The summed E-state index contributed by atoms with van der Waals surface area (Å²) in [5, 5.41) is 8.60. The van der Waals surface area contributed by atoms with Crippen LogP contribution in [-0.4, -0.2) is 24.7 Å². The largest absolute Gasteiger partial charge is 0.478 e. The van der Waals surface area contributed by atoms with Crippen molar-refractivity contribution in [2.24, 2.45) is 0 Å². The maximum atomic E-state index is 10.5. The highest BCUT2D eigenvalue weighted by Crippen LogP contribution is 2.15. The summed E-state index contributed by atoms with van der Waals surface area (Å²) in [6.07, 6.45) is 3.74. The number of aliphatic carboxylic acids is 1. The predicted molar refractivity (Wildman–Crippen MR) is 86.5 cm³/mol. The number of hydrogen-bond donors (Lipinski definition) is 1. The van der Waals surface area contributed by atoms with E-state index in [0.29, 0.717) is 0 Å². The SMILES string of the molecule is CN(CCc1ccccc1)c1ccc(C=CC(=O)O)cc1. The number of likely N-dealkylation sites (N-methyl/N-ethyl adjacent to an activating group) is 1. The molecule has 0 atom stereocenters. The Balaban J connectivity index is 1.93. The van der Waals surface area contributed by atoms with Crippen molar-refractivity contribution < 1.29 is 9.90 Å². The van der Waals surface area contributed by atoms with Crippen LogP contribution < -0.4 is 4.90 Å². The zero-order chi connectivity index (χ0) is 15.1. The summed E-state index contributed by atoms with van der Waals surface area (Å²) in [6.45, 7) is 0.939. The molecule has 1 N–H and O–H groups in total. The molecule has 21 heavy (non-hydrogen) atoms. The molecule has 0 spiro atoms. The van der Waals surface area contributed by atoms with E-state index < -0.39 is 5.97 Å². The van der Waals surface area contributed by atoms with E-state index in [1.807, 2.05) is 30.3 Å². The van der Waals surface area contributed by atoms with Gasteiger partial charge in [0.25, 0.3) is 0 Å². The second kappa shape index (κ2) is 7.29. The number of benzene rings is 2. The molecule has 2 rings (SSSR count). The number of carboxylic acids is 1. The number of nitrogens with zero attached hydrogens (tertiary/aromatic N) is 1. The third-order valence-corrected chi connectivity index (χ3v) is 3.33. The molecule has 0 aliphatic heterocycles. The highest BCUT2D eigenvalue weighted by atomic mass is 16.4. The van der Waals surface area contributed by atoms with Gasteiger partial charge in [0.15, 0.2) is 0 Å². The standard InChI is InChI=1S/C18H19NO2/c1-19(14-13-15-5-3-2-4-6-15)17-10-7-16(8-11-17)9-12-18(20)21/h2-12H,13-14H2,1H3,(H,20,21). The van der Waals surface area contributed by atoms with Crippen LogP contribution in [0.4, 0.5) is 5.69 Å². The van der Waals surface area contributed by atoms with Crippen LogP contribution in [0.3, 0.4) is 0 Å². The third-order valence-electron chi connectivity index (χ3n) is 3.33. The van der Waals surface area contributed by atoms with Crippen LogP contribution in [0.2, 0.25) is 0 Å². The lowest BCUT2D eigenvalue weighted by atomic mass is 10.1. The van der Waals surface area contributed by atoms with Crippen molar-refractivity contribution in [1.82, 2.24) is 0 Å². The molecule has 0 aliphatic carbocycles. The molecule has 2 aromatic rings. The summed E-state index contributed by atoms with van der Waals surface area (Å²) in [5.41, 5.74) is 3.33. The van der Waals surface area contributed by atoms with E-state index in [0.717, 1.165) is 30.3 Å². The number of rotatable bonds is 6. The minimum absolute atomic E-state index is 0.887. The molecule has 0 aromatic heterocycles. The second-order valence-corrected chi connectivity index (χ2v) is 4.92. The Bertz CT molecular complexity index is 603. The third kappa shape index (κ3) is 4.80. The fourth-order valence-electron chi connectivity index (χ4n) is 2.08. The Kier molecular flexibility index (Phi) is 5.16. The minimum atomic E-state index is -0.931. The van der Waals surface area contributed by atoms with Crippen LogP contribution in [0.25, 0.3) is 6.08 Å². The topological polar surface area (TPSA) is 40.5 Å². The van der Waals surface area contributed by atoms with Gasteiger partial charge in [0.2, 0.25) is 0 Å². The molecule has 0 unspecified atom stereocenters. The minimum Gasteiger partial charge on any atom is -0.478 e. The monoisotopic (exact) mass is 281 g/mol. The molecule has 108 valence electrons. The Labute approximate surface area is 125 Å². The molecule has 0 aliphatic rings. The summed E-state index contributed by atoms with van der Waals surface area (Å²) in [4.78, 5) is 12.7. The molecular formula is C18H19NO2. The van der Waals surface area contributed by atoms with E-state index in [4.69, 9.17) is 5.11 Å². The molecule has 0 fully saturated rings. The van der Waals surface area contributed by atoms with Gasteiger partial charge in [0.05, 0.1) is 0 Å². The van der Waals surface area contributed by atoms with E-state index in [-0.39, 0.29) is 0 Å². The molecule has 0 amide bonds. The van der Waals surface area contributed by atoms with E-state index in [9.17, 15) is 4.79 Å². The first-order chi connectivity index (χ1) is 10.1. The zero-order valence-corrected chi connectivity index (χ0v) is 12.1. The van der Waals surface area contributed by atoms with Crippen LogP contribution in [0, 0.1) is 0 Å². The van der Waals surface area contributed by atoms with Gasteiger partial charge in [-0.25, -0.2) is 4.79 Å². The van der Waals surface area contributed by atoms with Gasteiger partial charge in [-0.2, -0.15) is 0 Å². The summed E-state index contributed by atoms with van der Waals surface area (Å²) in [5.74, 6) is -0.931. The second-order valence-electron chi connectivity index (χ2n) is 4.92. The van der Waals surface area contributed by atoms with E-state index >= 15 is 0 Å². The molecule has 0 saturated heterocycles. The zero-order valence-electron chi connectivity index (χ0n) is 12.1. The summed E-state index contributed by atoms with van der Waals surface area (Å²) in [7, 11) is 2.06. The first-order valence-corrected chi connectivity index (χ1v) is 6.91. The molecule has 3 nitrogen and oxygen atoms in total. The highest BCUT2D eigenvalue weighted by Gasteiger charge is 2.01. The normalized spacial score (nSPS) is 10.7. The number of carbonyl (C=O) groups is 1. The first-order valence-electron chi connectivity index (χ1n) is 6.91. The number of carboxylic acid groups (broad SMARTS) is 1. The van der Waals surface area contributed by atoms with Crippen molar-refractivity contribution in [3.05, 3.63) is 71.8 Å². The Hall–Kier alpha value is -2.55. The fourth-order valence-corrected chi connectivity index (χ4v) is 2.08. The summed E-state index contributed by atoms with van der Waals surface area (Å²) in [6, 6.07) is 18.3. The maximum absolute atomic E-state index is 10.5. The first kappa shape index (κ1) is 14.9. The molecule has 0 bridgehead atoms. The van der Waals surface area contributed by atoms with Gasteiger partial charge in [-0.1, -0.05) is 42.5 Å². The Morgan fingerprint density at radius 2 is 1.76 bits per heavy atom. The van der Waals surface area contributed by atoms with E-state index in [1.165, 1.54) is 5.56 Å². The Morgan fingerprint density at radius 1 is 1.10 bits per heavy atom. The van der Waals surface area contributed by atoms with Crippen LogP contribution in [0.5, 0.6) is 0 Å². The molecular weight excluding hydrogens is 262 g/mol. The molecule has 0 heterocycles. The lowest BCUT2D eigenvalue weighted by Crippen LogP contribution is -2.20. The van der Waals surface area contributed by atoms with Crippen molar-refractivity contribution >= 4 is 17.7 Å². The van der Waals surface area contributed by atoms with Gasteiger partial charge in [0, 0.05) is 25.4 Å². The number of anilines is 1. The van der Waals surface area contributed by atoms with Gasteiger partial charge in [-0.3, -0.25) is 0 Å². The highest BCUT2D eigenvalue weighted by molar-refractivity contribution is 5.85. The van der Waals surface area contributed by atoms with Crippen LogP contribution in [-0.2, 0) is 11.2 Å². The van der Waals surface area contributed by atoms with Crippen LogP contribution in [0.15, 0.2) is 60.7 Å². The fraction of sp³-hybridized carbons (Fsp3) is 0.167. The quantitative estimate of drug-likeness (QED) is 0.824. The van der Waals surface area contributed by atoms with Gasteiger partial charge < -0.3 is 10.0 Å². The Morgan fingerprint density at radius 3 is 2.38 bits per heavy atom. The summed E-state index contributed by atoms with van der Waals surface area (Å²) < 4.78 is 0. The van der Waals surface area contributed by atoms with Crippen molar-refractivity contribution in [2.45, 2.75) is 6.42 Å². The van der Waals surface area contributed by atoms with Gasteiger partial charge in [-0.05, 0) is 35.8 Å². The molecule has 0 radical (unpaired) electrons.